The molecule has 0 saturated heterocycles. The van der Waals surface area contributed by atoms with Gasteiger partial charge in [0.1, 0.15) is 23.3 Å². The Labute approximate surface area is 176 Å². The number of aryl methyl sites for hydroxylation is 1. The van der Waals surface area contributed by atoms with Crippen molar-refractivity contribution in [2.24, 2.45) is 7.05 Å². The number of hydrogen-bond acceptors (Lipinski definition) is 6. The number of carbonyl (C=O) groups is 3. The molecule has 2 aromatic heterocycles. The summed E-state index contributed by atoms with van der Waals surface area (Å²) in [5, 5.41) is 24.1. The minimum atomic E-state index is -0.843. The second kappa shape index (κ2) is 9.00. The molecule has 2 heterocycles. The van der Waals surface area contributed by atoms with E-state index in [1.54, 1.807) is 13.1 Å². The van der Waals surface area contributed by atoms with Gasteiger partial charge < -0.3 is 15.2 Å². The highest BCUT2D eigenvalue weighted by Crippen LogP contribution is 2.17. The van der Waals surface area contributed by atoms with Gasteiger partial charge in [0.25, 0.3) is 17.6 Å². The summed E-state index contributed by atoms with van der Waals surface area (Å²) < 4.78 is 14.8. The molecule has 1 atom stereocenters. The number of nitrogens with zero attached hydrogens (tertiary/aromatic N) is 4. The van der Waals surface area contributed by atoms with Crippen molar-refractivity contribution in [1.82, 2.24) is 25.3 Å². The molecule has 3 aromatic rings. The molecule has 0 saturated carbocycles. The van der Waals surface area contributed by atoms with Gasteiger partial charge in [-0.1, -0.05) is 6.92 Å². The lowest BCUT2D eigenvalue weighted by molar-refractivity contribution is -0.117. The van der Waals surface area contributed by atoms with Gasteiger partial charge in [-0.3, -0.25) is 14.4 Å². The number of hydrogen-bond donors (Lipinski definition) is 3. The molecule has 0 radical (unpaired) electrons. The van der Waals surface area contributed by atoms with E-state index in [2.05, 4.69) is 26.0 Å². The molecule has 0 fully saturated rings. The van der Waals surface area contributed by atoms with Crippen LogP contribution in [0.3, 0.4) is 0 Å². The number of nitriles is 1. The van der Waals surface area contributed by atoms with Crippen LogP contribution in [-0.2, 0) is 11.8 Å². The van der Waals surface area contributed by atoms with Gasteiger partial charge in [0.05, 0.1) is 17.8 Å². The van der Waals surface area contributed by atoms with Crippen LogP contribution in [0.15, 0.2) is 36.7 Å². The monoisotopic (exact) mass is 423 g/mol. The van der Waals surface area contributed by atoms with Crippen molar-refractivity contribution in [2.75, 3.05) is 5.32 Å². The topological polar surface area (TPSA) is 146 Å². The summed E-state index contributed by atoms with van der Waals surface area (Å²) in [6.45, 7) is 1.82. The Hall–Kier alpha value is -4.33. The molecule has 0 unspecified atom stereocenters. The molecule has 3 rings (SSSR count). The number of nitrogens with one attached hydrogen (secondary N) is 3. The van der Waals surface area contributed by atoms with E-state index in [4.69, 9.17) is 5.26 Å². The van der Waals surface area contributed by atoms with Crippen LogP contribution in [0, 0.1) is 17.1 Å². The van der Waals surface area contributed by atoms with E-state index in [9.17, 15) is 18.8 Å². The summed E-state index contributed by atoms with van der Waals surface area (Å²) in [6.07, 6.45) is 3.31. The van der Waals surface area contributed by atoms with Crippen molar-refractivity contribution in [3.63, 3.8) is 0 Å². The van der Waals surface area contributed by atoms with E-state index >= 15 is 0 Å². The number of halogens is 1. The fourth-order valence-electron chi connectivity index (χ4n) is 2.92. The van der Waals surface area contributed by atoms with Gasteiger partial charge in [0, 0.05) is 24.5 Å². The van der Waals surface area contributed by atoms with Crippen LogP contribution in [-0.4, -0.2) is 37.6 Å². The molecule has 2 amide bonds. The van der Waals surface area contributed by atoms with Gasteiger partial charge in [-0.15, -0.1) is 0 Å². The Bertz CT molecular complexity index is 1180. The van der Waals surface area contributed by atoms with Gasteiger partial charge in [0.2, 0.25) is 0 Å². The number of benzene rings is 1. The number of amides is 2. The quantitative estimate of drug-likeness (QED) is 0.391. The summed E-state index contributed by atoms with van der Waals surface area (Å²) >= 11 is 0. The molecule has 10 nitrogen and oxygen atoms in total. The Morgan fingerprint density at radius 3 is 2.74 bits per heavy atom. The molecule has 31 heavy (non-hydrogen) atoms. The smallest absolute Gasteiger partial charge is 0.292 e. The summed E-state index contributed by atoms with van der Waals surface area (Å²) in [5.74, 6) is -2.95. The highest BCUT2D eigenvalue weighted by atomic mass is 19.1. The third-order valence-corrected chi connectivity index (χ3v) is 4.55. The van der Waals surface area contributed by atoms with Crippen LogP contribution in [0.5, 0.6) is 0 Å². The highest BCUT2D eigenvalue weighted by Gasteiger charge is 2.24. The number of rotatable bonds is 7. The second-order valence-corrected chi connectivity index (χ2v) is 6.64. The lowest BCUT2D eigenvalue weighted by atomic mass is 10.1. The first kappa shape index (κ1) is 21.4. The molecular weight excluding hydrogens is 405 g/mol. The minimum Gasteiger partial charge on any atom is -0.346 e. The predicted molar refractivity (Wildman–Crippen MR) is 106 cm³/mol. The third kappa shape index (κ3) is 4.64. The first-order valence-electron chi connectivity index (χ1n) is 9.22. The fourth-order valence-corrected chi connectivity index (χ4v) is 2.92. The summed E-state index contributed by atoms with van der Waals surface area (Å²) in [7, 11) is 1.54. The number of aromatic nitrogens is 4. The van der Waals surface area contributed by atoms with E-state index in [1.807, 2.05) is 6.92 Å². The van der Waals surface area contributed by atoms with Gasteiger partial charge in [0.15, 0.2) is 0 Å². The van der Waals surface area contributed by atoms with E-state index < -0.39 is 29.5 Å². The minimum absolute atomic E-state index is 0.0250. The lowest BCUT2D eigenvalue weighted by Gasteiger charge is -2.13. The number of H-pyrrole nitrogens is 1. The maximum atomic E-state index is 13.4. The maximum Gasteiger partial charge on any atom is 0.292 e. The standard InChI is InChI=1S/C20H18FN7O3/c1-3-15(16-9-23-27-26-16)25-20(31)18(29)12-7-17(28(2)10-12)19(30)24-13-4-5-14(21)11(6-13)8-22/h4-7,9-10,15H,3H2,1-2H3,(H,24,30)(H,25,31)(H,23,26,27)/t15-/m0/s1. The largest absolute Gasteiger partial charge is 0.346 e. The van der Waals surface area contributed by atoms with Crippen molar-refractivity contribution in [3.8, 4) is 6.07 Å². The fraction of sp³-hybridized carbons (Fsp3) is 0.200. The van der Waals surface area contributed by atoms with E-state index in [1.165, 1.54) is 35.2 Å². The molecule has 0 aliphatic rings. The Morgan fingerprint density at radius 1 is 1.32 bits per heavy atom. The van der Waals surface area contributed by atoms with Crippen molar-refractivity contribution < 1.29 is 18.8 Å². The number of Topliss-reactive ketones (excluding diaryl/α,β-unsaturated/α-hetero) is 1. The SMILES string of the molecule is CC[C@H](NC(=O)C(=O)c1cc(C(=O)Nc2ccc(F)c(C#N)c2)n(C)c1)c1cn[nH]n1. The molecule has 0 bridgehead atoms. The lowest BCUT2D eigenvalue weighted by Crippen LogP contribution is -2.34. The van der Waals surface area contributed by atoms with Crippen molar-refractivity contribution in [2.45, 2.75) is 19.4 Å². The van der Waals surface area contributed by atoms with Crippen LogP contribution in [0.4, 0.5) is 10.1 Å². The Balaban J connectivity index is 1.73. The number of aromatic amines is 1. The van der Waals surface area contributed by atoms with E-state index in [0.29, 0.717) is 12.1 Å². The number of ketones is 1. The second-order valence-electron chi connectivity index (χ2n) is 6.64. The zero-order valence-corrected chi connectivity index (χ0v) is 16.6. The highest BCUT2D eigenvalue weighted by molar-refractivity contribution is 6.43. The van der Waals surface area contributed by atoms with Gasteiger partial charge in [-0.25, -0.2) is 4.39 Å². The van der Waals surface area contributed by atoms with Crippen molar-refractivity contribution in [1.29, 1.82) is 5.26 Å². The van der Waals surface area contributed by atoms with Crippen LogP contribution >= 0.6 is 0 Å². The van der Waals surface area contributed by atoms with Gasteiger partial charge in [-0.05, 0) is 30.7 Å². The Kier molecular flexibility index (Phi) is 6.21. The molecule has 11 heteroatoms. The normalized spacial score (nSPS) is 11.4. The molecule has 3 N–H and O–H groups in total. The van der Waals surface area contributed by atoms with Crippen molar-refractivity contribution >= 4 is 23.3 Å². The van der Waals surface area contributed by atoms with Crippen LogP contribution in [0.25, 0.3) is 0 Å². The van der Waals surface area contributed by atoms with Crippen LogP contribution in [0.1, 0.15) is 51.5 Å². The molecule has 158 valence electrons. The molecule has 0 aliphatic heterocycles. The van der Waals surface area contributed by atoms with E-state index in [0.717, 1.165) is 6.07 Å². The molecule has 0 spiro atoms. The van der Waals surface area contributed by atoms with Crippen LogP contribution < -0.4 is 10.6 Å². The zero-order valence-electron chi connectivity index (χ0n) is 16.6. The van der Waals surface area contributed by atoms with E-state index in [-0.39, 0.29) is 22.5 Å². The number of anilines is 1. The predicted octanol–water partition coefficient (Wildman–Crippen LogP) is 1.86. The summed E-state index contributed by atoms with van der Waals surface area (Å²) in [6, 6.07) is 6.06. The van der Waals surface area contributed by atoms with Gasteiger partial charge in [-0.2, -0.15) is 20.7 Å². The van der Waals surface area contributed by atoms with Gasteiger partial charge >= 0.3 is 0 Å². The molecule has 0 aliphatic carbocycles. The summed E-state index contributed by atoms with van der Waals surface area (Å²) in [5.41, 5.74) is 0.621. The van der Waals surface area contributed by atoms with Crippen LogP contribution in [0.2, 0.25) is 0 Å². The third-order valence-electron chi connectivity index (χ3n) is 4.55. The number of carbonyl (C=O) groups excluding carboxylic acids is 3. The molecular formula is C20H18FN7O3. The molecule has 1 aromatic carbocycles. The average Bonchev–Trinajstić information content (AvgIpc) is 3.42. The maximum absolute atomic E-state index is 13.4. The first-order valence-corrected chi connectivity index (χ1v) is 9.22. The Morgan fingerprint density at radius 2 is 2.10 bits per heavy atom. The van der Waals surface area contributed by atoms with Crippen molar-refractivity contribution in [3.05, 3.63) is 65.0 Å². The average molecular weight is 423 g/mol. The zero-order chi connectivity index (χ0) is 22.5. The summed E-state index contributed by atoms with van der Waals surface area (Å²) in [4.78, 5) is 37.5. The first-order chi connectivity index (χ1) is 14.8.